The Kier molecular flexibility index (Phi) is 9.59. The molecule has 0 saturated carbocycles. The summed E-state index contributed by atoms with van der Waals surface area (Å²) < 4.78 is 37.8. The van der Waals surface area contributed by atoms with Gasteiger partial charge in [0, 0.05) is 32.1 Å². The first kappa shape index (κ1) is 23.4. The van der Waals surface area contributed by atoms with E-state index in [1.807, 2.05) is 0 Å². The Morgan fingerprint density at radius 2 is 2.12 bits per heavy atom. The molecule has 0 aromatic carbocycles. The molecular formula is C16H27F3IN5S. The normalized spacial score (nSPS) is 18.3. The number of aliphatic imine (C=N–C) groups is 1. The van der Waals surface area contributed by atoms with Crippen LogP contribution in [0, 0.1) is 5.92 Å². The van der Waals surface area contributed by atoms with Crippen molar-refractivity contribution in [3.05, 3.63) is 16.1 Å². The lowest BCUT2D eigenvalue weighted by molar-refractivity contribution is -0.140. The van der Waals surface area contributed by atoms with E-state index in [-0.39, 0.29) is 30.5 Å². The molecule has 1 aliphatic heterocycles. The number of alkyl halides is 3. The second kappa shape index (κ2) is 10.6. The van der Waals surface area contributed by atoms with Crippen molar-refractivity contribution in [3.63, 3.8) is 0 Å². The largest absolute Gasteiger partial charge is 0.434 e. The third kappa shape index (κ3) is 6.52. The molecule has 1 atom stereocenters. The molecule has 1 saturated heterocycles. The smallest absolute Gasteiger partial charge is 0.350 e. The van der Waals surface area contributed by atoms with Crippen molar-refractivity contribution in [3.8, 4) is 0 Å². The lowest BCUT2D eigenvalue weighted by atomic mass is 10.1. The summed E-state index contributed by atoms with van der Waals surface area (Å²) in [5, 5.41) is 4.60. The van der Waals surface area contributed by atoms with Crippen molar-refractivity contribution < 1.29 is 13.2 Å². The highest BCUT2D eigenvalue weighted by molar-refractivity contribution is 14.0. The highest BCUT2D eigenvalue weighted by Crippen LogP contribution is 2.30. The zero-order valence-electron chi connectivity index (χ0n) is 15.3. The molecule has 10 heteroatoms. The number of hydrogen-bond acceptors (Lipinski definition) is 4. The number of nitrogens with one attached hydrogen (secondary N) is 1. The van der Waals surface area contributed by atoms with Gasteiger partial charge in [-0.2, -0.15) is 13.2 Å². The number of rotatable bonds is 6. The number of nitrogens with zero attached hydrogens (tertiary/aromatic N) is 4. The minimum atomic E-state index is -4.39. The summed E-state index contributed by atoms with van der Waals surface area (Å²) in [6.07, 6.45) is -3.28. The van der Waals surface area contributed by atoms with E-state index in [0.717, 1.165) is 61.8 Å². The maximum Gasteiger partial charge on any atom is 0.434 e. The third-order valence-corrected chi connectivity index (χ3v) is 5.30. The first-order chi connectivity index (χ1) is 11.9. The van der Waals surface area contributed by atoms with Crippen LogP contribution in [0.1, 0.15) is 31.0 Å². The van der Waals surface area contributed by atoms with Crippen molar-refractivity contribution in [2.75, 3.05) is 39.8 Å². The molecule has 0 spiro atoms. The SMILES string of the molecule is CCN(CC)CC1CCN(C(=NC)NCc2nc(C(F)(F)F)cs2)C1.I. The summed E-state index contributed by atoms with van der Waals surface area (Å²) in [7, 11) is 1.70. The third-order valence-electron chi connectivity index (χ3n) is 4.45. The molecule has 1 aromatic rings. The van der Waals surface area contributed by atoms with Crippen molar-refractivity contribution in [2.24, 2.45) is 10.9 Å². The van der Waals surface area contributed by atoms with E-state index in [2.05, 4.69) is 38.9 Å². The van der Waals surface area contributed by atoms with Crippen LogP contribution in [0.5, 0.6) is 0 Å². The Labute approximate surface area is 174 Å². The van der Waals surface area contributed by atoms with Crippen LogP contribution in [-0.2, 0) is 12.7 Å². The molecule has 26 heavy (non-hydrogen) atoms. The Hall–Kier alpha value is -0.620. The molecule has 0 bridgehead atoms. The maximum absolute atomic E-state index is 12.6. The van der Waals surface area contributed by atoms with Gasteiger partial charge in [-0.25, -0.2) is 4.98 Å². The minimum Gasteiger partial charge on any atom is -0.350 e. The van der Waals surface area contributed by atoms with Gasteiger partial charge in [-0.05, 0) is 25.4 Å². The molecule has 1 unspecified atom stereocenters. The number of thiazole rings is 1. The van der Waals surface area contributed by atoms with E-state index in [0.29, 0.717) is 10.9 Å². The monoisotopic (exact) mass is 505 g/mol. The highest BCUT2D eigenvalue weighted by atomic mass is 127. The second-order valence-corrected chi connectivity index (χ2v) is 7.05. The number of likely N-dealkylation sites (tertiary alicyclic amines) is 1. The van der Waals surface area contributed by atoms with Gasteiger partial charge in [0.05, 0.1) is 6.54 Å². The summed E-state index contributed by atoms with van der Waals surface area (Å²) in [4.78, 5) is 12.5. The fourth-order valence-corrected chi connectivity index (χ4v) is 3.77. The number of guanidine groups is 1. The first-order valence-electron chi connectivity index (χ1n) is 8.56. The summed E-state index contributed by atoms with van der Waals surface area (Å²) in [5.41, 5.74) is -0.829. The summed E-state index contributed by atoms with van der Waals surface area (Å²) >= 11 is 1.01. The lowest BCUT2D eigenvalue weighted by Gasteiger charge is -2.24. The quantitative estimate of drug-likeness (QED) is 0.365. The summed E-state index contributed by atoms with van der Waals surface area (Å²) in [6, 6.07) is 0. The van der Waals surface area contributed by atoms with Crippen molar-refractivity contribution >= 4 is 41.3 Å². The minimum absolute atomic E-state index is 0. The van der Waals surface area contributed by atoms with Crippen molar-refractivity contribution in [2.45, 2.75) is 33.0 Å². The standard InChI is InChI=1S/C16H26F3N5S.HI/c1-4-23(5-2)9-12-6-7-24(10-12)15(20-3)21-8-14-22-13(11-25-14)16(17,18)19;/h11-12H,4-10H2,1-3H3,(H,20,21);1H. The van der Waals surface area contributed by atoms with Gasteiger partial charge in [0.2, 0.25) is 0 Å². The van der Waals surface area contributed by atoms with Gasteiger partial charge in [0.1, 0.15) is 5.01 Å². The van der Waals surface area contributed by atoms with Crippen LogP contribution in [0.4, 0.5) is 13.2 Å². The predicted octanol–water partition coefficient (Wildman–Crippen LogP) is 3.52. The molecule has 0 radical (unpaired) electrons. The molecule has 1 N–H and O–H groups in total. The number of hydrogen-bond donors (Lipinski definition) is 1. The van der Waals surface area contributed by atoms with E-state index in [1.54, 1.807) is 7.05 Å². The van der Waals surface area contributed by atoms with Gasteiger partial charge in [-0.1, -0.05) is 13.8 Å². The van der Waals surface area contributed by atoms with Gasteiger partial charge in [-0.3, -0.25) is 4.99 Å². The molecule has 0 amide bonds. The van der Waals surface area contributed by atoms with Crippen LogP contribution in [0.15, 0.2) is 10.4 Å². The number of halogens is 4. The van der Waals surface area contributed by atoms with E-state index in [9.17, 15) is 13.2 Å². The average Bonchev–Trinajstić information content (AvgIpc) is 3.22. The lowest BCUT2D eigenvalue weighted by Crippen LogP contribution is -2.40. The van der Waals surface area contributed by atoms with E-state index in [4.69, 9.17) is 0 Å². The Bertz CT molecular complexity index is 574. The fourth-order valence-electron chi connectivity index (χ4n) is 3.03. The number of aromatic nitrogens is 1. The Balaban J connectivity index is 0.00000338. The average molecular weight is 505 g/mol. The van der Waals surface area contributed by atoms with Crippen LogP contribution < -0.4 is 5.32 Å². The van der Waals surface area contributed by atoms with Crippen LogP contribution in [0.25, 0.3) is 0 Å². The maximum atomic E-state index is 12.6. The zero-order chi connectivity index (χ0) is 18.4. The van der Waals surface area contributed by atoms with Gasteiger partial charge in [-0.15, -0.1) is 35.3 Å². The fraction of sp³-hybridized carbons (Fsp3) is 0.750. The first-order valence-corrected chi connectivity index (χ1v) is 9.44. The summed E-state index contributed by atoms with van der Waals surface area (Å²) in [5.74, 6) is 1.32. The molecule has 150 valence electrons. The Morgan fingerprint density at radius 1 is 1.42 bits per heavy atom. The van der Waals surface area contributed by atoms with Crippen LogP contribution in [-0.4, -0.2) is 60.5 Å². The van der Waals surface area contributed by atoms with Crippen LogP contribution >= 0.6 is 35.3 Å². The summed E-state index contributed by atoms with van der Waals surface area (Å²) in [6.45, 7) is 9.59. The topological polar surface area (TPSA) is 43.8 Å². The van der Waals surface area contributed by atoms with Gasteiger partial charge in [0.25, 0.3) is 0 Å². The van der Waals surface area contributed by atoms with Crippen LogP contribution in [0.3, 0.4) is 0 Å². The molecule has 0 aliphatic carbocycles. The van der Waals surface area contributed by atoms with Gasteiger partial charge < -0.3 is 15.1 Å². The van der Waals surface area contributed by atoms with Gasteiger partial charge in [0.15, 0.2) is 11.7 Å². The molecule has 2 heterocycles. The highest BCUT2D eigenvalue weighted by Gasteiger charge is 2.33. The van der Waals surface area contributed by atoms with Crippen LogP contribution in [0.2, 0.25) is 0 Å². The molecule has 2 rings (SSSR count). The molecule has 1 aromatic heterocycles. The molecule has 5 nitrogen and oxygen atoms in total. The molecular weight excluding hydrogens is 478 g/mol. The molecule has 1 aliphatic rings. The van der Waals surface area contributed by atoms with Crippen molar-refractivity contribution in [1.29, 1.82) is 0 Å². The molecule has 1 fully saturated rings. The second-order valence-electron chi connectivity index (χ2n) is 6.11. The van der Waals surface area contributed by atoms with E-state index >= 15 is 0 Å². The zero-order valence-corrected chi connectivity index (χ0v) is 18.5. The van der Waals surface area contributed by atoms with E-state index < -0.39 is 11.9 Å². The predicted molar refractivity (Wildman–Crippen MR) is 110 cm³/mol. The Morgan fingerprint density at radius 3 is 2.65 bits per heavy atom. The van der Waals surface area contributed by atoms with Gasteiger partial charge >= 0.3 is 6.18 Å². The van der Waals surface area contributed by atoms with Crippen molar-refractivity contribution in [1.82, 2.24) is 20.1 Å². The van der Waals surface area contributed by atoms with E-state index in [1.165, 1.54) is 0 Å².